The molecule has 31 heavy (non-hydrogen) atoms. The standard InChI is InChI=1S/C21H29Cl2F3N2O3/c1-14(17-6-5-15(22)13-18(17)23)28(11-12-30-21(24,25)26)16-7-9-27(10-8-16)19(29)31-20(2,3)4/h5-6,13-14,16H,7-12H2,1-4H3. The number of nitrogens with zero attached hydrogens (tertiary/aromatic N) is 2. The molecule has 0 aromatic heterocycles. The minimum Gasteiger partial charge on any atom is -0.444 e. The molecule has 1 fully saturated rings. The number of piperidine rings is 1. The number of carbonyl (C=O) groups excluding carboxylic acids is 1. The van der Waals surface area contributed by atoms with Crippen LogP contribution in [0, 0.1) is 0 Å². The van der Waals surface area contributed by atoms with Crippen molar-refractivity contribution < 1.29 is 27.4 Å². The summed E-state index contributed by atoms with van der Waals surface area (Å²) in [5.41, 5.74) is 0.182. The van der Waals surface area contributed by atoms with Crippen molar-refractivity contribution in [1.29, 1.82) is 0 Å². The molecule has 1 aliphatic heterocycles. The van der Waals surface area contributed by atoms with Crippen LogP contribution in [0.2, 0.25) is 10.0 Å². The molecule has 0 N–H and O–H groups in total. The van der Waals surface area contributed by atoms with Gasteiger partial charge in [0, 0.05) is 41.8 Å². The molecule has 5 nitrogen and oxygen atoms in total. The summed E-state index contributed by atoms with van der Waals surface area (Å²) in [5.74, 6) is 0. The average Bonchev–Trinajstić information content (AvgIpc) is 2.63. The highest BCUT2D eigenvalue weighted by Gasteiger charge is 2.34. The number of halogens is 5. The molecular weight excluding hydrogens is 456 g/mol. The summed E-state index contributed by atoms with van der Waals surface area (Å²) in [5, 5.41) is 0.937. The van der Waals surface area contributed by atoms with Gasteiger partial charge in [-0.2, -0.15) is 0 Å². The number of hydrogen-bond acceptors (Lipinski definition) is 4. The molecule has 0 bridgehead atoms. The Morgan fingerprint density at radius 1 is 1.23 bits per heavy atom. The largest absolute Gasteiger partial charge is 0.522 e. The van der Waals surface area contributed by atoms with Gasteiger partial charge in [0.1, 0.15) is 5.60 Å². The lowest BCUT2D eigenvalue weighted by Gasteiger charge is -2.42. The highest BCUT2D eigenvalue weighted by atomic mass is 35.5. The molecule has 1 atom stereocenters. The monoisotopic (exact) mass is 484 g/mol. The first-order chi connectivity index (χ1) is 14.3. The predicted molar refractivity (Wildman–Crippen MR) is 114 cm³/mol. The number of ether oxygens (including phenoxy) is 2. The molecule has 0 saturated carbocycles. The molecule has 10 heteroatoms. The Hall–Kier alpha value is -1.22. The second-order valence-corrected chi connectivity index (χ2v) is 9.42. The summed E-state index contributed by atoms with van der Waals surface area (Å²) in [4.78, 5) is 15.9. The summed E-state index contributed by atoms with van der Waals surface area (Å²) in [6.45, 7) is 7.78. The van der Waals surface area contributed by atoms with Gasteiger partial charge in [0.15, 0.2) is 0 Å². The highest BCUT2D eigenvalue weighted by Crippen LogP contribution is 2.33. The Morgan fingerprint density at radius 3 is 2.35 bits per heavy atom. The number of likely N-dealkylation sites (tertiary alicyclic amines) is 1. The Morgan fingerprint density at radius 2 is 1.84 bits per heavy atom. The van der Waals surface area contributed by atoms with Gasteiger partial charge >= 0.3 is 12.5 Å². The van der Waals surface area contributed by atoms with E-state index < -0.39 is 18.6 Å². The number of hydrogen-bond donors (Lipinski definition) is 0. The van der Waals surface area contributed by atoms with Crippen LogP contribution < -0.4 is 0 Å². The topological polar surface area (TPSA) is 42.0 Å². The fourth-order valence-corrected chi connectivity index (χ4v) is 4.25. The van der Waals surface area contributed by atoms with E-state index in [1.54, 1.807) is 43.9 Å². The van der Waals surface area contributed by atoms with Gasteiger partial charge in [0.2, 0.25) is 0 Å². The van der Waals surface area contributed by atoms with Crippen LogP contribution in [0.5, 0.6) is 0 Å². The number of carbonyl (C=O) groups is 1. The van der Waals surface area contributed by atoms with Crippen molar-refractivity contribution >= 4 is 29.3 Å². The van der Waals surface area contributed by atoms with E-state index in [-0.39, 0.29) is 24.7 Å². The zero-order valence-electron chi connectivity index (χ0n) is 18.1. The lowest BCUT2D eigenvalue weighted by atomic mass is 9.98. The van der Waals surface area contributed by atoms with E-state index >= 15 is 0 Å². The van der Waals surface area contributed by atoms with Crippen LogP contribution in [0.15, 0.2) is 18.2 Å². The third-order valence-electron chi connectivity index (χ3n) is 5.11. The SMILES string of the molecule is CC(c1ccc(Cl)cc1Cl)N(CCOC(F)(F)F)C1CCN(C(=O)OC(C)(C)C)CC1. The minimum atomic E-state index is -4.69. The molecule has 0 aliphatic carbocycles. The molecule has 1 heterocycles. The molecule has 1 aromatic rings. The molecule has 1 saturated heterocycles. The van der Waals surface area contributed by atoms with E-state index in [9.17, 15) is 18.0 Å². The zero-order valence-corrected chi connectivity index (χ0v) is 19.7. The zero-order chi connectivity index (χ0) is 23.4. The van der Waals surface area contributed by atoms with Crippen LogP contribution in [-0.2, 0) is 9.47 Å². The molecule has 1 unspecified atom stereocenters. The van der Waals surface area contributed by atoms with E-state index in [2.05, 4.69) is 4.74 Å². The van der Waals surface area contributed by atoms with Gasteiger partial charge in [-0.25, -0.2) is 4.79 Å². The van der Waals surface area contributed by atoms with Crippen LogP contribution in [0.25, 0.3) is 0 Å². The second kappa shape index (κ2) is 10.6. The summed E-state index contributed by atoms with van der Waals surface area (Å²) >= 11 is 12.3. The van der Waals surface area contributed by atoms with Gasteiger partial charge in [-0.15, -0.1) is 13.2 Å². The van der Waals surface area contributed by atoms with Crippen LogP contribution in [0.4, 0.5) is 18.0 Å². The number of rotatable bonds is 6. The van der Waals surface area contributed by atoms with Crippen molar-refractivity contribution in [3.63, 3.8) is 0 Å². The molecule has 0 spiro atoms. The van der Waals surface area contributed by atoms with Gasteiger partial charge in [-0.1, -0.05) is 29.3 Å². The fraction of sp³-hybridized carbons (Fsp3) is 0.667. The molecular formula is C21H29Cl2F3N2O3. The summed E-state index contributed by atoms with van der Waals surface area (Å²) in [7, 11) is 0. The van der Waals surface area contributed by atoms with Crippen molar-refractivity contribution in [3.8, 4) is 0 Å². The fourth-order valence-electron chi connectivity index (χ4n) is 3.68. The van der Waals surface area contributed by atoms with Gasteiger partial charge in [0.25, 0.3) is 0 Å². The summed E-state index contributed by atoms with van der Waals surface area (Å²) in [6, 6.07) is 4.79. The molecule has 1 aliphatic rings. The quantitative estimate of drug-likeness (QED) is 0.475. The molecule has 1 amide bonds. The van der Waals surface area contributed by atoms with Gasteiger partial charge in [0.05, 0.1) is 6.61 Å². The van der Waals surface area contributed by atoms with Gasteiger partial charge in [-0.05, 0) is 58.2 Å². The van der Waals surface area contributed by atoms with Crippen LogP contribution in [0.1, 0.15) is 52.1 Å². The van der Waals surface area contributed by atoms with E-state index in [0.717, 1.165) is 5.56 Å². The summed E-state index contributed by atoms with van der Waals surface area (Å²) < 4.78 is 47.0. The van der Waals surface area contributed by atoms with E-state index in [1.165, 1.54) is 0 Å². The Labute approximate surface area is 191 Å². The van der Waals surface area contributed by atoms with Crippen LogP contribution in [-0.4, -0.2) is 60.1 Å². The molecule has 176 valence electrons. The highest BCUT2D eigenvalue weighted by molar-refractivity contribution is 6.35. The Balaban J connectivity index is 2.11. The van der Waals surface area contributed by atoms with Crippen LogP contribution >= 0.6 is 23.2 Å². The van der Waals surface area contributed by atoms with Crippen LogP contribution in [0.3, 0.4) is 0 Å². The molecule has 2 rings (SSSR count). The first-order valence-electron chi connectivity index (χ1n) is 10.2. The maximum absolute atomic E-state index is 12.5. The molecule has 0 radical (unpaired) electrons. The Bertz CT molecular complexity index is 748. The van der Waals surface area contributed by atoms with E-state index in [0.29, 0.717) is 36.0 Å². The van der Waals surface area contributed by atoms with E-state index in [1.807, 2.05) is 11.8 Å². The van der Waals surface area contributed by atoms with Crippen molar-refractivity contribution in [3.05, 3.63) is 33.8 Å². The third kappa shape index (κ3) is 8.33. The normalized spacial score (nSPS) is 17.2. The van der Waals surface area contributed by atoms with Crippen molar-refractivity contribution in [2.24, 2.45) is 0 Å². The van der Waals surface area contributed by atoms with Crippen molar-refractivity contribution in [2.75, 3.05) is 26.2 Å². The van der Waals surface area contributed by atoms with Crippen molar-refractivity contribution in [2.45, 2.75) is 64.6 Å². The van der Waals surface area contributed by atoms with E-state index in [4.69, 9.17) is 27.9 Å². The third-order valence-corrected chi connectivity index (χ3v) is 5.67. The first kappa shape index (κ1) is 26.0. The maximum atomic E-state index is 12.5. The average molecular weight is 485 g/mol. The van der Waals surface area contributed by atoms with Gasteiger partial charge < -0.3 is 9.64 Å². The second-order valence-electron chi connectivity index (χ2n) is 8.57. The molecule has 1 aromatic carbocycles. The Kier molecular flexibility index (Phi) is 8.90. The number of alkyl halides is 3. The number of amides is 1. The van der Waals surface area contributed by atoms with Crippen molar-refractivity contribution in [1.82, 2.24) is 9.80 Å². The lowest BCUT2D eigenvalue weighted by molar-refractivity contribution is -0.325. The summed E-state index contributed by atoms with van der Waals surface area (Å²) in [6.07, 6.45) is -3.87. The number of benzene rings is 1. The minimum absolute atomic E-state index is 0.0442. The smallest absolute Gasteiger partial charge is 0.444 e. The predicted octanol–water partition coefficient (Wildman–Crippen LogP) is 6.29. The van der Waals surface area contributed by atoms with Gasteiger partial charge in [-0.3, -0.25) is 9.64 Å². The lowest BCUT2D eigenvalue weighted by Crippen LogP contribution is -2.49. The maximum Gasteiger partial charge on any atom is 0.522 e. The first-order valence-corrected chi connectivity index (χ1v) is 10.9.